The second-order valence-corrected chi connectivity index (χ2v) is 3.30. The summed E-state index contributed by atoms with van der Waals surface area (Å²) < 4.78 is 31.1. The van der Waals surface area contributed by atoms with Crippen molar-refractivity contribution in [1.82, 2.24) is 0 Å². The summed E-state index contributed by atoms with van der Waals surface area (Å²) in [6.07, 6.45) is 0.634. The molecule has 0 aromatic heterocycles. The highest BCUT2D eigenvalue weighted by Crippen LogP contribution is 2.36. The van der Waals surface area contributed by atoms with Crippen LogP contribution in [-0.2, 0) is 0 Å². The molecule has 0 saturated heterocycles. The second-order valence-electron chi connectivity index (χ2n) is 3.30. The minimum atomic E-state index is -0.958. The lowest BCUT2D eigenvalue weighted by molar-refractivity contribution is 0.197. The van der Waals surface area contributed by atoms with Gasteiger partial charge in [0.05, 0.1) is 13.2 Å². The molecule has 0 unspecified atom stereocenters. The minimum Gasteiger partial charge on any atom is -0.490 e. The molecule has 1 aromatic carbocycles. The molecule has 0 fully saturated rings. The van der Waals surface area contributed by atoms with Crippen molar-refractivity contribution in [2.24, 2.45) is 0 Å². The summed E-state index contributed by atoms with van der Waals surface area (Å²) in [5, 5.41) is 9.03. The molecule has 0 radical (unpaired) electrons. The van der Waals surface area contributed by atoms with Crippen molar-refractivity contribution in [3.63, 3.8) is 0 Å². The number of hydrogen-bond acceptors (Lipinski definition) is 2. The van der Waals surface area contributed by atoms with Gasteiger partial charge in [0.1, 0.15) is 0 Å². The molecule has 0 spiro atoms. The van der Waals surface area contributed by atoms with Gasteiger partial charge >= 0.3 is 0 Å². The van der Waals surface area contributed by atoms with E-state index in [1.165, 1.54) is 6.07 Å². The fraction of sp³-hybridized carbons (Fsp3) is 0.400. The molecule has 1 heterocycles. The van der Waals surface area contributed by atoms with E-state index >= 15 is 0 Å². The van der Waals surface area contributed by atoms with Crippen LogP contribution in [-0.4, -0.2) is 18.3 Å². The van der Waals surface area contributed by atoms with Crippen molar-refractivity contribution < 1.29 is 18.6 Å². The lowest BCUT2D eigenvalue weighted by atomic mass is 9.94. The minimum absolute atomic E-state index is 0.0460. The van der Waals surface area contributed by atoms with Crippen LogP contribution in [0.25, 0.3) is 0 Å². The maximum atomic E-state index is 13.2. The zero-order valence-electron chi connectivity index (χ0n) is 7.46. The van der Waals surface area contributed by atoms with Crippen molar-refractivity contribution in [3.05, 3.63) is 29.3 Å². The highest BCUT2D eigenvalue weighted by atomic mass is 19.2. The Morgan fingerprint density at radius 1 is 1.43 bits per heavy atom. The Kier molecular flexibility index (Phi) is 2.37. The first kappa shape index (κ1) is 9.40. The number of fused-ring (bicyclic) bond motifs is 1. The molecule has 0 amide bonds. The van der Waals surface area contributed by atoms with Crippen LogP contribution < -0.4 is 4.74 Å². The van der Waals surface area contributed by atoms with E-state index in [4.69, 9.17) is 9.84 Å². The lowest BCUT2D eigenvalue weighted by Gasteiger charge is -2.24. The van der Waals surface area contributed by atoms with Gasteiger partial charge in [-0.1, -0.05) is 6.07 Å². The predicted molar refractivity (Wildman–Crippen MR) is 46.3 cm³/mol. The van der Waals surface area contributed by atoms with E-state index in [2.05, 4.69) is 0 Å². The first-order valence-electron chi connectivity index (χ1n) is 4.45. The number of halogens is 2. The van der Waals surface area contributed by atoms with Gasteiger partial charge < -0.3 is 9.84 Å². The Labute approximate surface area is 80.1 Å². The van der Waals surface area contributed by atoms with Gasteiger partial charge in [-0.25, -0.2) is 4.39 Å². The van der Waals surface area contributed by atoms with Crippen LogP contribution in [0, 0.1) is 11.6 Å². The van der Waals surface area contributed by atoms with Crippen LogP contribution in [0.5, 0.6) is 5.75 Å². The highest BCUT2D eigenvalue weighted by molar-refractivity contribution is 5.39. The van der Waals surface area contributed by atoms with Crippen LogP contribution in [0.1, 0.15) is 17.9 Å². The van der Waals surface area contributed by atoms with Gasteiger partial charge in [-0.05, 0) is 12.5 Å². The summed E-state index contributed by atoms with van der Waals surface area (Å²) in [6, 6.07) is 2.53. The summed E-state index contributed by atoms with van der Waals surface area (Å²) in [5.74, 6) is -2.06. The Hall–Kier alpha value is -1.16. The van der Waals surface area contributed by atoms with Crippen LogP contribution in [0.2, 0.25) is 0 Å². The second kappa shape index (κ2) is 3.53. The Morgan fingerprint density at radius 3 is 2.93 bits per heavy atom. The molecule has 1 atom stereocenters. The highest BCUT2D eigenvalue weighted by Gasteiger charge is 2.25. The van der Waals surface area contributed by atoms with Gasteiger partial charge in [0.2, 0.25) is 5.82 Å². The topological polar surface area (TPSA) is 29.5 Å². The third kappa shape index (κ3) is 1.35. The fourth-order valence-corrected chi connectivity index (χ4v) is 1.66. The number of hydrogen-bond donors (Lipinski definition) is 1. The van der Waals surface area contributed by atoms with Crippen molar-refractivity contribution in [3.8, 4) is 5.75 Å². The first-order valence-corrected chi connectivity index (χ1v) is 4.45. The summed E-state index contributed by atoms with van der Waals surface area (Å²) in [6.45, 7) is 0.250. The Balaban J connectivity index is 2.50. The van der Waals surface area contributed by atoms with Gasteiger partial charge in [-0.15, -0.1) is 0 Å². The van der Waals surface area contributed by atoms with E-state index in [0.717, 1.165) is 6.07 Å². The third-order valence-electron chi connectivity index (χ3n) is 2.45. The van der Waals surface area contributed by atoms with Crippen molar-refractivity contribution >= 4 is 0 Å². The van der Waals surface area contributed by atoms with Gasteiger partial charge in [0.25, 0.3) is 0 Å². The molecule has 4 heteroatoms. The van der Waals surface area contributed by atoms with Gasteiger partial charge in [0.15, 0.2) is 11.6 Å². The van der Waals surface area contributed by atoms with E-state index in [1.54, 1.807) is 0 Å². The van der Waals surface area contributed by atoms with E-state index in [1.807, 2.05) is 0 Å². The molecule has 1 aliphatic rings. The monoisotopic (exact) mass is 200 g/mol. The first-order chi connectivity index (χ1) is 6.74. The standard InChI is InChI=1S/C10H10F2O2/c11-8-2-1-7-6(5-13)3-4-14-10(7)9(8)12/h1-2,6,13H,3-5H2/t6-/m0/s1. The van der Waals surface area contributed by atoms with E-state index in [0.29, 0.717) is 18.6 Å². The number of aliphatic hydroxyl groups excluding tert-OH is 1. The largest absolute Gasteiger partial charge is 0.490 e. The molecule has 0 aliphatic carbocycles. The zero-order chi connectivity index (χ0) is 10.1. The normalized spacial score (nSPS) is 20.1. The molecule has 14 heavy (non-hydrogen) atoms. The van der Waals surface area contributed by atoms with Gasteiger partial charge in [-0.3, -0.25) is 0 Å². The molecular formula is C10H10F2O2. The molecule has 1 aromatic rings. The number of rotatable bonds is 1. The molecule has 2 rings (SSSR count). The maximum Gasteiger partial charge on any atom is 0.200 e. The Morgan fingerprint density at radius 2 is 2.21 bits per heavy atom. The number of benzene rings is 1. The number of aliphatic hydroxyl groups is 1. The van der Waals surface area contributed by atoms with Crippen molar-refractivity contribution in [1.29, 1.82) is 0 Å². The number of ether oxygens (including phenoxy) is 1. The third-order valence-corrected chi connectivity index (χ3v) is 2.45. The maximum absolute atomic E-state index is 13.2. The summed E-state index contributed by atoms with van der Waals surface area (Å²) in [4.78, 5) is 0. The van der Waals surface area contributed by atoms with Gasteiger partial charge in [-0.2, -0.15) is 4.39 Å². The molecular weight excluding hydrogens is 190 g/mol. The lowest BCUT2D eigenvalue weighted by Crippen LogP contribution is -2.18. The molecule has 0 bridgehead atoms. The average Bonchev–Trinajstić information content (AvgIpc) is 2.23. The van der Waals surface area contributed by atoms with Crippen molar-refractivity contribution in [2.45, 2.75) is 12.3 Å². The van der Waals surface area contributed by atoms with E-state index in [-0.39, 0.29) is 18.3 Å². The quantitative estimate of drug-likeness (QED) is 0.749. The molecule has 2 nitrogen and oxygen atoms in total. The van der Waals surface area contributed by atoms with Crippen molar-refractivity contribution in [2.75, 3.05) is 13.2 Å². The summed E-state index contributed by atoms with van der Waals surface area (Å²) in [5.41, 5.74) is 0.553. The molecule has 1 aliphatic heterocycles. The van der Waals surface area contributed by atoms with Crippen LogP contribution >= 0.6 is 0 Å². The molecule has 1 N–H and O–H groups in total. The zero-order valence-corrected chi connectivity index (χ0v) is 7.46. The summed E-state index contributed by atoms with van der Waals surface area (Å²) in [7, 11) is 0. The predicted octanol–water partition coefficient (Wildman–Crippen LogP) is 1.82. The fourth-order valence-electron chi connectivity index (χ4n) is 1.66. The van der Waals surface area contributed by atoms with E-state index in [9.17, 15) is 8.78 Å². The molecule has 76 valence electrons. The molecule has 0 saturated carbocycles. The van der Waals surface area contributed by atoms with Crippen LogP contribution in [0.4, 0.5) is 8.78 Å². The smallest absolute Gasteiger partial charge is 0.200 e. The van der Waals surface area contributed by atoms with Gasteiger partial charge in [0, 0.05) is 11.5 Å². The Bertz CT molecular complexity index is 352. The average molecular weight is 200 g/mol. The van der Waals surface area contributed by atoms with E-state index < -0.39 is 11.6 Å². The summed E-state index contributed by atoms with van der Waals surface area (Å²) >= 11 is 0. The van der Waals surface area contributed by atoms with Crippen LogP contribution in [0.3, 0.4) is 0 Å². The SMILES string of the molecule is OC[C@@H]1CCOc2c1ccc(F)c2F. The van der Waals surface area contributed by atoms with Crippen LogP contribution in [0.15, 0.2) is 12.1 Å².